The van der Waals surface area contributed by atoms with Crippen LogP contribution in [0.2, 0.25) is 0 Å². The lowest BCUT2D eigenvalue weighted by molar-refractivity contribution is -0.116. The average Bonchev–Trinajstić information content (AvgIpc) is 2.88. The highest BCUT2D eigenvalue weighted by Crippen LogP contribution is 2.27. The zero-order chi connectivity index (χ0) is 26.2. The second kappa shape index (κ2) is 12.5. The number of carbonyl (C=O) groups excluding carboxylic acids is 3. The largest absolute Gasteiger partial charge is 0.491 e. The maximum absolute atomic E-state index is 13.5. The SMILES string of the molecule is CCCC(=O)Nc1ccc2c(c1)OC[C@H](C)N(C(=O)c1ccncc1)C[C@H](C)[C@H](OC)CN(C)C2=O. The molecule has 0 aliphatic carbocycles. The Kier molecular flexibility index (Phi) is 9.41. The van der Waals surface area contributed by atoms with E-state index in [1.807, 2.05) is 20.8 Å². The molecule has 9 nitrogen and oxygen atoms in total. The number of benzene rings is 1. The molecule has 194 valence electrons. The Morgan fingerprint density at radius 2 is 1.89 bits per heavy atom. The van der Waals surface area contributed by atoms with Crippen molar-refractivity contribution in [2.75, 3.05) is 39.2 Å². The van der Waals surface area contributed by atoms with Crippen LogP contribution in [0.15, 0.2) is 42.7 Å². The first-order valence-electron chi connectivity index (χ1n) is 12.3. The minimum atomic E-state index is -0.302. The molecule has 0 saturated heterocycles. The summed E-state index contributed by atoms with van der Waals surface area (Å²) in [6, 6.07) is 8.11. The standard InChI is InChI=1S/C27H36N4O5/c1-6-7-25(32)29-21-8-9-22-23(14-21)36-17-19(3)31(26(33)20-10-12-28-13-11-20)15-18(2)24(35-5)16-30(4)27(22)34/h8-14,18-19,24H,6-7,15-17H2,1-5H3,(H,29,32)/t18-,19-,24+/m0/s1. The number of aromatic nitrogens is 1. The lowest BCUT2D eigenvalue weighted by atomic mass is 10.0. The molecule has 0 saturated carbocycles. The topological polar surface area (TPSA) is 101 Å². The number of likely N-dealkylation sites (N-methyl/N-ethyl adjacent to an activating group) is 1. The van der Waals surface area contributed by atoms with Gasteiger partial charge in [-0.25, -0.2) is 0 Å². The summed E-state index contributed by atoms with van der Waals surface area (Å²) in [5.74, 6) is -0.130. The summed E-state index contributed by atoms with van der Waals surface area (Å²) in [5, 5.41) is 2.85. The van der Waals surface area contributed by atoms with Crippen LogP contribution in [0.5, 0.6) is 5.75 Å². The summed E-state index contributed by atoms with van der Waals surface area (Å²) in [4.78, 5) is 46.3. The van der Waals surface area contributed by atoms with Gasteiger partial charge in [-0.15, -0.1) is 0 Å². The van der Waals surface area contributed by atoms with E-state index in [1.54, 1.807) is 66.7 Å². The molecule has 2 aromatic rings. The summed E-state index contributed by atoms with van der Waals surface area (Å²) in [6.45, 7) is 6.79. The maximum atomic E-state index is 13.5. The second-order valence-electron chi connectivity index (χ2n) is 9.30. The van der Waals surface area contributed by atoms with Crippen LogP contribution in [0.25, 0.3) is 0 Å². The van der Waals surface area contributed by atoms with Crippen molar-refractivity contribution in [2.45, 2.75) is 45.8 Å². The van der Waals surface area contributed by atoms with Gasteiger partial charge in [0.1, 0.15) is 12.4 Å². The van der Waals surface area contributed by atoms with E-state index in [0.717, 1.165) is 6.42 Å². The molecule has 1 aliphatic rings. The number of carbonyl (C=O) groups is 3. The third-order valence-electron chi connectivity index (χ3n) is 6.40. The monoisotopic (exact) mass is 496 g/mol. The molecule has 0 spiro atoms. The number of ether oxygens (including phenoxy) is 2. The minimum Gasteiger partial charge on any atom is -0.491 e. The number of nitrogens with zero attached hydrogens (tertiary/aromatic N) is 3. The van der Waals surface area contributed by atoms with Gasteiger partial charge in [-0.05, 0) is 37.6 Å². The number of rotatable bonds is 5. The Labute approximate surface area is 212 Å². The number of nitrogens with one attached hydrogen (secondary N) is 1. The van der Waals surface area contributed by atoms with Crippen molar-refractivity contribution in [3.8, 4) is 5.75 Å². The van der Waals surface area contributed by atoms with E-state index < -0.39 is 0 Å². The number of amides is 3. The van der Waals surface area contributed by atoms with Gasteiger partial charge >= 0.3 is 0 Å². The van der Waals surface area contributed by atoms with Gasteiger partial charge in [-0.3, -0.25) is 19.4 Å². The molecule has 1 aliphatic heterocycles. The molecule has 9 heteroatoms. The molecule has 3 atom stereocenters. The third kappa shape index (κ3) is 6.60. The summed E-state index contributed by atoms with van der Waals surface area (Å²) >= 11 is 0. The van der Waals surface area contributed by atoms with Crippen molar-refractivity contribution in [3.05, 3.63) is 53.9 Å². The van der Waals surface area contributed by atoms with Crippen LogP contribution in [-0.2, 0) is 9.53 Å². The Bertz CT molecular complexity index is 1060. The van der Waals surface area contributed by atoms with Crippen LogP contribution < -0.4 is 10.1 Å². The van der Waals surface area contributed by atoms with Gasteiger partial charge in [-0.2, -0.15) is 0 Å². The molecule has 0 unspecified atom stereocenters. The first-order chi connectivity index (χ1) is 17.2. The van der Waals surface area contributed by atoms with E-state index in [-0.39, 0.29) is 42.4 Å². The van der Waals surface area contributed by atoms with E-state index in [4.69, 9.17) is 9.47 Å². The molecule has 0 radical (unpaired) electrons. The number of anilines is 1. The van der Waals surface area contributed by atoms with Gasteiger partial charge in [0.25, 0.3) is 11.8 Å². The molecule has 1 N–H and O–H groups in total. The van der Waals surface area contributed by atoms with Gasteiger partial charge in [0, 0.05) is 69.3 Å². The summed E-state index contributed by atoms with van der Waals surface area (Å²) in [7, 11) is 3.34. The molecule has 1 aromatic heterocycles. The van der Waals surface area contributed by atoms with Crippen LogP contribution in [0, 0.1) is 5.92 Å². The molecule has 0 fully saturated rings. The summed E-state index contributed by atoms with van der Waals surface area (Å²) in [6.07, 6.45) is 4.04. The van der Waals surface area contributed by atoms with E-state index >= 15 is 0 Å². The second-order valence-corrected chi connectivity index (χ2v) is 9.30. The van der Waals surface area contributed by atoms with Gasteiger partial charge in [-0.1, -0.05) is 13.8 Å². The number of hydrogen-bond acceptors (Lipinski definition) is 6. The van der Waals surface area contributed by atoms with Gasteiger partial charge < -0.3 is 24.6 Å². The minimum absolute atomic E-state index is 0.0476. The molecule has 3 rings (SSSR count). The molecule has 2 heterocycles. The van der Waals surface area contributed by atoms with E-state index in [1.165, 1.54) is 0 Å². The summed E-state index contributed by atoms with van der Waals surface area (Å²) < 4.78 is 11.9. The highest BCUT2D eigenvalue weighted by Gasteiger charge is 2.30. The Balaban J connectivity index is 1.97. The predicted molar refractivity (Wildman–Crippen MR) is 137 cm³/mol. The predicted octanol–water partition coefficient (Wildman–Crippen LogP) is 3.47. The van der Waals surface area contributed by atoms with Gasteiger partial charge in [0.15, 0.2) is 0 Å². The van der Waals surface area contributed by atoms with Gasteiger partial charge in [0.05, 0.1) is 17.7 Å². The molecule has 0 bridgehead atoms. The third-order valence-corrected chi connectivity index (χ3v) is 6.40. The highest BCUT2D eigenvalue weighted by atomic mass is 16.5. The zero-order valence-electron chi connectivity index (χ0n) is 21.7. The fourth-order valence-electron chi connectivity index (χ4n) is 4.24. The smallest absolute Gasteiger partial charge is 0.257 e. The van der Waals surface area contributed by atoms with Crippen LogP contribution in [-0.4, -0.2) is 78.5 Å². The number of pyridine rings is 1. The zero-order valence-corrected chi connectivity index (χ0v) is 21.7. The molecule has 1 aromatic carbocycles. The average molecular weight is 497 g/mol. The first kappa shape index (κ1) is 27.1. The van der Waals surface area contributed by atoms with Crippen molar-refractivity contribution >= 4 is 23.4 Å². The van der Waals surface area contributed by atoms with Crippen LogP contribution in [0.1, 0.15) is 54.3 Å². The van der Waals surface area contributed by atoms with Crippen LogP contribution in [0.3, 0.4) is 0 Å². The van der Waals surface area contributed by atoms with Crippen LogP contribution in [0.4, 0.5) is 5.69 Å². The molecule has 36 heavy (non-hydrogen) atoms. The fraction of sp³-hybridized carbons (Fsp3) is 0.481. The number of fused-ring (bicyclic) bond motifs is 1. The number of hydrogen-bond donors (Lipinski definition) is 1. The van der Waals surface area contributed by atoms with Crippen molar-refractivity contribution in [1.82, 2.24) is 14.8 Å². The van der Waals surface area contributed by atoms with Gasteiger partial charge in [0.2, 0.25) is 5.91 Å². The molecule has 3 amide bonds. The number of methoxy groups -OCH3 is 1. The van der Waals surface area contributed by atoms with E-state index in [2.05, 4.69) is 10.3 Å². The fourth-order valence-corrected chi connectivity index (χ4v) is 4.24. The Morgan fingerprint density at radius 3 is 2.56 bits per heavy atom. The van der Waals surface area contributed by atoms with E-state index in [0.29, 0.717) is 42.1 Å². The van der Waals surface area contributed by atoms with Crippen molar-refractivity contribution in [1.29, 1.82) is 0 Å². The van der Waals surface area contributed by atoms with Crippen molar-refractivity contribution < 1.29 is 23.9 Å². The highest BCUT2D eigenvalue weighted by molar-refractivity contribution is 5.98. The molecular weight excluding hydrogens is 460 g/mol. The maximum Gasteiger partial charge on any atom is 0.257 e. The Hall–Kier alpha value is -3.46. The lowest BCUT2D eigenvalue weighted by Gasteiger charge is -2.36. The molecular formula is C27H36N4O5. The lowest BCUT2D eigenvalue weighted by Crippen LogP contribution is -2.48. The Morgan fingerprint density at radius 1 is 1.17 bits per heavy atom. The van der Waals surface area contributed by atoms with Crippen molar-refractivity contribution in [3.63, 3.8) is 0 Å². The van der Waals surface area contributed by atoms with Crippen LogP contribution >= 0.6 is 0 Å². The summed E-state index contributed by atoms with van der Waals surface area (Å²) in [5.41, 5.74) is 1.47. The van der Waals surface area contributed by atoms with E-state index in [9.17, 15) is 14.4 Å². The quantitative estimate of drug-likeness (QED) is 0.680. The van der Waals surface area contributed by atoms with Crippen molar-refractivity contribution in [2.24, 2.45) is 5.92 Å². The normalized spacial score (nSPS) is 21.0. The first-order valence-corrected chi connectivity index (χ1v) is 12.3.